The molecule has 28 heavy (non-hydrogen) atoms. The number of halogens is 1. The second-order valence-corrected chi connectivity index (χ2v) is 8.68. The van der Waals surface area contributed by atoms with E-state index in [-0.39, 0.29) is 5.41 Å². The van der Waals surface area contributed by atoms with E-state index in [4.69, 9.17) is 21.3 Å². The first-order valence-electron chi connectivity index (χ1n) is 10.4. The number of methoxy groups -OCH3 is 1. The second kappa shape index (κ2) is 8.23. The fourth-order valence-electron chi connectivity index (χ4n) is 5.15. The average Bonchev–Trinajstić information content (AvgIpc) is 3.04. The van der Waals surface area contributed by atoms with E-state index in [0.29, 0.717) is 11.6 Å². The Kier molecular flexibility index (Phi) is 5.71. The fourth-order valence-corrected chi connectivity index (χ4v) is 5.34. The molecule has 146 valence electrons. The van der Waals surface area contributed by atoms with Crippen molar-refractivity contribution in [3.8, 4) is 17.2 Å². The number of nitriles is 1. The number of hydrogen-bond acceptors (Lipinski definition) is 3. The summed E-state index contributed by atoms with van der Waals surface area (Å²) in [7, 11) is 1.76. The van der Waals surface area contributed by atoms with Gasteiger partial charge in [0.05, 0.1) is 17.9 Å². The number of aromatic nitrogens is 1. The van der Waals surface area contributed by atoms with Crippen LogP contribution in [0.15, 0.2) is 24.3 Å². The third-order valence-electron chi connectivity index (χ3n) is 6.43. The molecule has 1 aromatic heterocycles. The summed E-state index contributed by atoms with van der Waals surface area (Å²) in [6, 6.07) is 10.5. The van der Waals surface area contributed by atoms with Gasteiger partial charge in [-0.05, 0) is 61.8 Å². The van der Waals surface area contributed by atoms with Crippen LogP contribution >= 0.6 is 11.6 Å². The Bertz CT molecular complexity index is 910. The number of benzene rings is 1. The summed E-state index contributed by atoms with van der Waals surface area (Å²) in [6.07, 6.45) is 9.91. The third-order valence-corrected chi connectivity index (χ3v) is 6.67. The molecule has 1 aromatic carbocycles. The van der Waals surface area contributed by atoms with Gasteiger partial charge >= 0.3 is 0 Å². The first-order chi connectivity index (χ1) is 13.7. The van der Waals surface area contributed by atoms with Crippen LogP contribution in [0.3, 0.4) is 0 Å². The van der Waals surface area contributed by atoms with Crippen LogP contribution in [-0.2, 0) is 23.0 Å². The van der Waals surface area contributed by atoms with Gasteiger partial charge in [0.25, 0.3) is 0 Å². The summed E-state index contributed by atoms with van der Waals surface area (Å²) in [5.41, 5.74) is 6.10. The molecular weight excluding hydrogens is 368 g/mol. The van der Waals surface area contributed by atoms with Crippen LogP contribution < -0.4 is 0 Å². The third kappa shape index (κ3) is 3.45. The van der Waals surface area contributed by atoms with Crippen LogP contribution in [0.1, 0.15) is 67.5 Å². The molecule has 0 aliphatic heterocycles. The van der Waals surface area contributed by atoms with Crippen molar-refractivity contribution >= 4 is 11.6 Å². The minimum atomic E-state index is -0.144. The SMILES string of the molecule is COCC1(c2nc3c(c(-c4cccc(Cl)c4)c2C#N)CCCCC3)CCCC1. The van der Waals surface area contributed by atoms with Gasteiger partial charge in [0, 0.05) is 28.8 Å². The minimum absolute atomic E-state index is 0.144. The van der Waals surface area contributed by atoms with Crippen LogP contribution in [0.4, 0.5) is 0 Å². The van der Waals surface area contributed by atoms with E-state index >= 15 is 0 Å². The molecule has 4 heteroatoms. The predicted molar refractivity (Wildman–Crippen MR) is 113 cm³/mol. The van der Waals surface area contributed by atoms with Gasteiger partial charge in [-0.25, -0.2) is 0 Å². The minimum Gasteiger partial charge on any atom is -0.384 e. The van der Waals surface area contributed by atoms with Crippen molar-refractivity contribution in [2.45, 2.75) is 63.2 Å². The summed E-state index contributed by atoms with van der Waals surface area (Å²) in [5, 5.41) is 11.0. The van der Waals surface area contributed by atoms with Gasteiger partial charge in [0.2, 0.25) is 0 Å². The largest absolute Gasteiger partial charge is 0.384 e. The van der Waals surface area contributed by atoms with Crippen molar-refractivity contribution in [1.29, 1.82) is 5.26 Å². The van der Waals surface area contributed by atoms with Crippen molar-refractivity contribution in [3.05, 3.63) is 51.8 Å². The number of ether oxygens (including phenoxy) is 1. The van der Waals surface area contributed by atoms with Crippen molar-refractivity contribution in [3.63, 3.8) is 0 Å². The van der Waals surface area contributed by atoms with Gasteiger partial charge in [-0.15, -0.1) is 0 Å². The smallest absolute Gasteiger partial charge is 0.102 e. The van der Waals surface area contributed by atoms with Crippen molar-refractivity contribution in [2.75, 3.05) is 13.7 Å². The van der Waals surface area contributed by atoms with Crippen LogP contribution in [-0.4, -0.2) is 18.7 Å². The molecule has 3 nitrogen and oxygen atoms in total. The molecular formula is C24H27ClN2O. The molecule has 0 atom stereocenters. The Morgan fingerprint density at radius 2 is 1.93 bits per heavy atom. The average molecular weight is 395 g/mol. The highest BCUT2D eigenvalue weighted by Crippen LogP contribution is 2.45. The van der Waals surface area contributed by atoms with Crippen LogP contribution in [0.2, 0.25) is 5.02 Å². The molecule has 1 heterocycles. The number of aryl methyl sites for hydroxylation is 1. The zero-order chi connectivity index (χ0) is 19.6. The maximum Gasteiger partial charge on any atom is 0.102 e. The standard InChI is InChI=1S/C24H27ClN2O/c1-28-16-24(12-5-6-13-24)23-20(15-26)22(17-8-7-9-18(25)14-17)19-10-3-2-4-11-21(19)27-23/h7-9,14H,2-6,10-13,16H2,1H3. The molecule has 1 fully saturated rings. The van der Waals surface area contributed by atoms with Gasteiger partial charge in [0.1, 0.15) is 6.07 Å². The second-order valence-electron chi connectivity index (χ2n) is 8.24. The van der Waals surface area contributed by atoms with Gasteiger partial charge in [-0.2, -0.15) is 5.26 Å². The quantitative estimate of drug-likeness (QED) is 0.597. The van der Waals surface area contributed by atoms with E-state index in [1.165, 1.54) is 30.5 Å². The lowest BCUT2D eigenvalue weighted by molar-refractivity contribution is 0.129. The first kappa shape index (κ1) is 19.4. The zero-order valence-corrected chi connectivity index (χ0v) is 17.3. The number of hydrogen-bond donors (Lipinski definition) is 0. The monoisotopic (exact) mass is 394 g/mol. The normalized spacial score (nSPS) is 18.3. The number of nitrogens with zero attached hydrogens (tertiary/aromatic N) is 2. The van der Waals surface area contributed by atoms with Crippen molar-refractivity contribution in [1.82, 2.24) is 4.98 Å². The lowest BCUT2D eigenvalue weighted by atomic mass is 9.78. The molecule has 0 spiro atoms. The van der Waals surface area contributed by atoms with Crippen LogP contribution in [0, 0.1) is 11.3 Å². The van der Waals surface area contributed by atoms with E-state index in [9.17, 15) is 5.26 Å². The van der Waals surface area contributed by atoms with Gasteiger partial charge < -0.3 is 4.74 Å². The maximum atomic E-state index is 10.3. The van der Waals surface area contributed by atoms with E-state index in [2.05, 4.69) is 12.1 Å². The van der Waals surface area contributed by atoms with Crippen molar-refractivity contribution in [2.24, 2.45) is 0 Å². The molecule has 2 aliphatic rings. The molecule has 0 unspecified atom stereocenters. The van der Waals surface area contributed by atoms with Gasteiger partial charge in [-0.1, -0.05) is 43.0 Å². The Labute approximate surface area is 172 Å². The molecule has 2 aromatic rings. The highest BCUT2D eigenvalue weighted by molar-refractivity contribution is 6.30. The zero-order valence-electron chi connectivity index (χ0n) is 16.6. The predicted octanol–water partition coefficient (Wildman–Crippen LogP) is 6.00. The molecule has 0 radical (unpaired) electrons. The lowest BCUT2D eigenvalue weighted by Gasteiger charge is -2.31. The number of fused-ring (bicyclic) bond motifs is 1. The molecule has 0 bridgehead atoms. The summed E-state index contributed by atoms with van der Waals surface area (Å²) in [4.78, 5) is 5.19. The molecule has 0 saturated heterocycles. The summed E-state index contributed by atoms with van der Waals surface area (Å²) < 4.78 is 5.65. The van der Waals surface area contributed by atoms with E-state index in [1.807, 2.05) is 18.2 Å². The summed E-state index contributed by atoms with van der Waals surface area (Å²) in [5.74, 6) is 0. The van der Waals surface area contributed by atoms with E-state index in [0.717, 1.165) is 60.9 Å². The van der Waals surface area contributed by atoms with E-state index < -0.39 is 0 Å². The summed E-state index contributed by atoms with van der Waals surface area (Å²) >= 11 is 6.33. The van der Waals surface area contributed by atoms with Crippen molar-refractivity contribution < 1.29 is 4.74 Å². The Balaban J connectivity index is 2.02. The van der Waals surface area contributed by atoms with Gasteiger partial charge in [0.15, 0.2) is 0 Å². The molecule has 1 saturated carbocycles. The number of pyridine rings is 1. The molecule has 2 aliphatic carbocycles. The van der Waals surface area contributed by atoms with Crippen LogP contribution in [0.25, 0.3) is 11.1 Å². The van der Waals surface area contributed by atoms with Gasteiger partial charge in [-0.3, -0.25) is 4.98 Å². The van der Waals surface area contributed by atoms with E-state index in [1.54, 1.807) is 7.11 Å². The van der Waals surface area contributed by atoms with Crippen LogP contribution in [0.5, 0.6) is 0 Å². The first-order valence-corrected chi connectivity index (χ1v) is 10.8. The molecule has 0 amide bonds. The Morgan fingerprint density at radius 3 is 2.64 bits per heavy atom. The lowest BCUT2D eigenvalue weighted by Crippen LogP contribution is -2.31. The fraction of sp³-hybridized carbons (Fsp3) is 0.500. The number of rotatable bonds is 4. The molecule has 0 N–H and O–H groups in total. The highest BCUT2D eigenvalue weighted by Gasteiger charge is 2.40. The topological polar surface area (TPSA) is 45.9 Å². The molecule has 4 rings (SSSR count). The Hall–Kier alpha value is -1.89. The summed E-state index contributed by atoms with van der Waals surface area (Å²) in [6.45, 7) is 0.627. The highest BCUT2D eigenvalue weighted by atomic mass is 35.5. The Morgan fingerprint density at radius 1 is 1.14 bits per heavy atom. The maximum absolute atomic E-state index is 10.3.